The first kappa shape index (κ1) is 31.1. The lowest BCUT2D eigenvalue weighted by Crippen LogP contribution is -2.01. The van der Waals surface area contributed by atoms with Crippen molar-refractivity contribution >= 4 is 22.1 Å². The summed E-state index contributed by atoms with van der Waals surface area (Å²) in [5, 5.41) is 0. The number of benzene rings is 5. The van der Waals surface area contributed by atoms with Crippen LogP contribution in [0.2, 0.25) is 0 Å². The molecule has 0 aliphatic heterocycles. The first-order valence-electron chi connectivity index (χ1n) is 17.6. The monoisotopic (exact) mass is 695 g/mol. The number of hydrogen-bond acceptors (Lipinski definition) is 7. The summed E-state index contributed by atoms with van der Waals surface area (Å²) in [4.78, 5) is 33.5. The van der Waals surface area contributed by atoms with Gasteiger partial charge in [-0.15, -0.1) is 0 Å². The molecular formula is C45H29N9. The van der Waals surface area contributed by atoms with Crippen molar-refractivity contribution in [3.05, 3.63) is 176 Å². The number of rotatable bonds is 7. The Morgan fingerprint density at radius 2 is 0.648 bits per heavy atom. The smallest absolute Gasteiger partial charge is 0.164 e. The van der Waals surface area contributed by atoms with Crippen LogP contribution in [-0.4, -0.2) is 44.0 Å². The molecule has 10 aromatic rings. The Kier molecular flexibility index (Phi) is 7.58. The van der Waals surface area contributed by atoms with Crippen molar-refractivity contribution in [2.75, 3.05) is 0 Å². The van der Waals surface area contributed by atoms with E-state index in [1.165, 1.54) is 0 Å². The van der Waals surface area contributed by atoms with Crippen molar-refractivity contribution < 1.29 is 0 Å². The van der Waals surface area contributed by atoms with E-state index in [0.717, 1.165) is 72.9 Å². The lowest BCUT2D eigenvalue weighted by Gasteiger charge is -2.11. The maximum absolute atomic E-state index is 5.03. The molecule has 5 aromatic carbocycles. The van der Waals surface area contributed by atoms with E-state index >= 15 is 0 Å². The van der Waals surface area contributed by atoms with Crippen molar-refractivity contribution in [1.29, 1.82) is 0 Å². The number of para-hydroxylation sites is 4. The summed E-state index contributed by atoms with van der Waals surface area (Å²) in [5.74, 6) is 3.44. The normalized spacial score (nSPS) is 11.3. The molecule has 0 saturated heterocycles. The van der Waals surface area contributed by atoms with Gasteiger partial charge in [-0.1, -0.05) is 103 Å². The second-order valence-corrected chi connectivity index (χ2v) is 12.8. The summed E-state index contributed by atoms with van der Waals surface area (Å²) in [5.41, 5.74) is 10.5. The van der Waals surface area contributed by atoms with Gasteiger partial charge >= 0.3 is 0 Å². The minimum Gasteiger partial charge on any atom is -0.292 e. The molecule has 5 aromatic heterocycles. The van der Waals surface area contributed by atoms with Gasteiger partial charge in [0.2, 0.25) is 0 Å². The first-order valence-corrected chi connectivity index (χ1v) is 17.6. The Labute approximate surface area is 310 Å². The summed E-state index contributed by atoms with van der Waals surface area (Å²) >= 11 is 0. The number of pyridine rings is 2. The van der Waals surface area contributed by atoms with Gasteiger partial charge in [0.05, 0.1) is 33.4 Å². The highest BCUT2D eigenvalue weighted by atomic mass is 15.1. The predicted molar refractivity (Wildman–Crippen MR) is 212 cm³/mol. The van der Waals surface area contributed by atoms with Gasteiger partial charge in [0.15, 0.2) is 17.5 Å². The summed E-state index contributed by atoms with van der Waals surface area (Å²) in [6.45, 7) is 0. The van der Waals surface area contributed by atoms with Gasteiger partial charge in [0.1, 0.15) is 11.6 Å². The van der Waals surface area contributed by atoms with Crippen molar-refractivity contribution in [3.63, 3.8) is 0 Å². The topological polar surface area (TPSA) is 100 Å². The maximum atomic E-state index is 5.03. The van der Waals surface area contributed by atoms with Crippen LogP contribution in [0.3, 0.4) is 0 Å². The van der Waals surface area contributed by atoms with Gasteiger partial charge in [0, 0.05) is 52.6 Å². The van der Waals surface area contributed by atoms with E-state index in [0.29, 0.717) is 17.5 Å². The zero-order valence-corrected chi connectivity index (χ0v) is 28.8. The van der Waals surface area contributed by atoms with Gasteiger partial charge in [-0.25, -0.2) is 24.9 Å². The lowest BCUT2D eigenvalue weighted by atomic mass is 10.1. The van der Waals surface area contributed by atoms with Crippen LogP contribution >= 0.6 is 0 Å². The number of nitrogens with zero attached hydrogens (tertiary/aromatic N) is 9. The van der Waals surface area contributed by atoms with Crippen LogP contribution < -0.4 is 0 Å². The molecule has 9 heteroatoms. The Balaban J connectivity index is 1.05. The Morgan fingerprint density at radius 3 is 1.07 bits per heavy atom. The molecule has 0 bridgehead atoms. The lowest BCUT2D eigenvalue weighted by molar-refractivity contribution is 1.07. The Bertz CT molecular complexity index is 2720. The molecule has 0 fully saturated rings. The predicted octanol–water partition coefficient (Wildman–Crippen LogP) is 9.67. The third-order valence-electron chi connectivity index (χ3n) is 9.43. The second-order valence-electron chi connectivity index (χ2n) is 12.8. The van der Waals surface area contributed by atoms with E-state index in [-0.39, 0.29) is 0 Å². The van der Waals surface area contributed by atoms with E-state index in [1.54, 1.807) is 24.8 Å². The molecule has 5 heterocycles. The Hall–Kier alpha value is -7.65. The highest BCUT2D eigenvalue weighted by Gasteiger charge is 2.18. The molecular weight excluding hydrogens is 667 g/mol. The first-order chi connectivity index (χ1) is 26.8. The SMILES string of the molecule is c1ccc(-c2nc(-c3ccc(-c4nc5ccccc5n4-c4ccncc4)cc3)nc(-c3ccc(-c4nc5ccccc5n4-c4ccncc4)cc3)n2)cc1. The molecule has 9 nitrogen and oxygen atoms in total. The summed E-state index contributed by atoms with van der Waals surface area (Å²) < 4.78 is 4.33. The number of hydrogen-bond donors (Lipinski definition) is 0. The van der Waals surface area contributed by atoms with Gasteiger partial charge < -0.3 is 0 Å². The average molecular weight is 696 g/mol. The fourth-order valence-corrected chi connectivity index (χ4v) is 6.84. The highest BCUT2D eigenvalue weighted by molar-refractivity contribution is 5.85. The molecule has 254 valence electrons. The number of aromatic nitrogens is 9. The standard InChI is InChI=1S/C45H29N9/c1-2-8-30(9-3-1)41-50-42(31-14-18-33(19-15-31)44-48-37-10-4-6-12-39(37)53(44)35-22-26-46-27-23-35)52-43(51-41)32-16-20-34(21-17-32)45-49-38-11-5-7-13-40(38)54(45)36-24-28-47-29-25-36/h1-29H. The fourth-order valence-electron chi connectivity index (χ4n) is 6.84. The zero-order valence-electron chi connectivity index (χ0n) is 28.8. The van der Waals surface area contributed by atoms with E-state index in [9.17, 15) is 0 Å². The third kappa shape index (κ3) is 5.57. The molecule has 10 rings (SSSR count). The van der Waals surface area contributed by atoms with Crippen molar-refractivity contribution in [2.24, 2.45) is 0 Å². The molecule has 0 amide bonds. The number of fused-ring (bicyclic) bond motifs is 2. The summed E-state index contributed by atoms with van der Waals surface area (Å²) in [7, 11) is 0. The van der Waals surface area contributed by atoms with Crippen LogP contribution in [0.15, 0.2) is 176 Å². The van der Waals surface area contributed by atoms with E-state index in [1.807, 2.05) is 115 Å². The van der Waals surface area contributed by atoms with Gasteiger partial charge in [-0.05, 0) is 48.5 Å². The van der Waals surface area contributed by atoms with Crippen LogP contribution in [0, 0.1) is 0 Å². The van der Waals surface area contributed by atoms with E-state index in [2.05, 4.69) is 55.5 Å². The molecule has 0 saturated carbocycles. The van der Waals surface area contributed by atoms with Gasteiger partial charge in [0.25, 0.3) is 0 Å². The molecule has 0 atom stereocenters. The van der Waals surface area contributed by atoms with E-state index in [4.69, 9.17) is 24.9 Å². The fraction of sp³-hybridized carbons (Fsp3) is 0. The van der Waals surface area contributed by atoms with Crippen LogP contribution in [0.25, 0.3) is 90.4 Å². The molecule has 0 aliphatic carbocycles. The minimum atomic E-state index is 0.580. The molecule has 0 radical (unpaired) electrons. The molecule has 54 heavy (non-hydrogen) atoms. The Morgan fingerprint density at radius 1 is 0.296 bits per heavy atom. The molecule has 0 spiro atoms. The largest absolute Gasteiger partial charge is 0.292 e. The summed E-state index contributed by atoms with van der Waals surface area (Å²) in [6, 6.07) is 50.8. The quantitative estimate of drug-likeness (QED) is 0.164. The van der Waals surface area contributed by atoms with Crippen molar-refractivity contribution in [2.45, 2.75) is 0 Å². The number of imidazole rings is 2. The third-order valence-corrected chi connectivity index (χ3v) is 9.43. The van der Waals surface area contributed by atoms with Gasteiger partial charge in [-0.2, -0.15) is 0 Å². The van der Waals surface area contributed by atoms with Crippen molar-refractivity contribution in [1.82, 2.24) is 44.0 Å². The van der Waals surface area contributed by atoms with Crippen LogP contribution in [0.4, 0.5) is 0 Å². The maximum Gasteiger partial charge on any atom is 0.164 e. The molecule has 0 N–H and O–H groups in total. The van der Waals surface area contributed by atoms with Crippen molar-refractivity contribution in [3.8, 4) is 68.3 Å². The highest BCUT2D eigenvalue weighted by Crippen LogP contribution is 2.33. The second kappa shape index (κ2) is 13.2. The summed E-state index contributed by atoms with van der Waals surface area (Å²) in [6.07, 6.45) is 7.19. The van der Waals surface area contributed by atoms with Crippen LogP contribution in [0.1, 0.15) is 0 Å². The minimum absolute atomic E-state index is 0.580. The molecule has 0 aliphatic rings. The average Bonchev–Trinajstić information content (AvgIpc) is 3.84. The van der Waals surface area contributed by atoms with Crippen LogP contribution in [0.5, 0.6) is 0 Å². The molecule has 0 unspecified atom stereocenters. The van der Waals surface area contributed by atoms with Gasteiger partial charge in [-0.3, -0.25) is 19.1 Å². The van der Waals surface area contributed by atoms with Crippen LogP contribution in [-0.2, 0) is 0 Å². The zero-order chi connectivity index (χ0) is 35.8. The van der Waals surface area contributed by atoms with E-state index < -0.39 is 0 Å².